The molecule has 0 bridgehead atoms. The van der Waals surface area contributed by atoms with Crippen molar-refractivity contribution in [2.24, 2.45) is 12.9 Å². The molecule has 1 atom stereocenters. The van der Waals surface area contributed by atoms with Crippen molar-refractivity contribution in [3.63, 3.8) is 0 Å². The van der Waals surface area contributed by atoms with E-state index in [0.717, 1.165) is 23.6 Å². The topological polar surface area (TPSA) is 65.1 Å². The molecule has 0 amide bonds. The first kappa shape index (κ1) is 14.6. The molecule has 0 radical (unpaired) electrons. The van der Waals surface area contributed by atoms with E-state index in [2.05, 4.69) is 10.4 Å². The number of imidazole rings is 1. The Kier molecular flexibility index (Phi) is 4.76. The van der Waals surface area contributed by atoms with Crippen molar-refractivity contribution in [1.29, 1.82) is 0 Å². The first-order chi connectivity index (χ1) is 9.60. The summed E-state index contributed by atoms with van der Waals surface area (Å²) in [6.45, 7) is 4.03. The highest BCUT2D eigenvalue weighted by Crippen LogP contribution is 2.22. The molecule has 108 valence electrons. The van der Waals surface area contributed by atoms with Crippen LogP contribution in [0.5, 0.6) is 5.75 Å². The van der Waals surface area contributed by atoms with Crippen LogP contribution >= 0.6 is 0 Å². The van der Waals surface area contributed by atoms with Gasteiger partial charge in [0.2, 0.25) is 0 Å². The molecule has 0 aliphatic rings. The van der Waals surface area contributed by atoms with E-state index in [1.165, 1.54) is 0 Å². The molecule has 1 aromatic heterocycles. The number of aromatic nitrogens is 2. The van der Waals surface area contributed by atoms with Crippen LogP contribution in [0.2, 0.25) is 0 Å². The summed E-state index contributed by atoms with van der Waals surface area (Å²) < 4.78 is 7.72. The molecular weight excluding hydrogens is 252 g/mol. The van der Waals surface area contributed by atoms with Crippen LogP contribution in [0.1, 0.15) is 31.3 Å². The van der Waals surface area contributed by atoms with E-state index in [1.807, 2.05) is 55.9 Å². The van der Waals surface area contributed by atoms with E-state index in [9.17, 15) is 0 Å². The van der Waals surface area contributed by atoms with Gasteiger partial charge in [-0.3, -0.25) is 11.3 Å². The Bertz CT molecular complexity index is 550. The smallest absolute Gasteiger partial charge is 0.120 e. The second-order valence-corrected chi connectivity index (χ2v) is 5.12. The highest BCUT2D eigenvalue weighted by Gasteiger charge is 2.14. The van der Waals surface area contributed by atoms with E-state index < -0.39 is 0 Å². The van der Waals surface area contributed by atoms with Crippen LogP contribution in [-0.4, -0.2) is 15.7 Å². The average molecular weight is 274 g/mol. The summed E-state index contributed by atoms with van der Waals surface area (Å²) in [4.78, 5) is 4.34. The van der Waals surface area contributed by atoms with Gasteiger partial charge in [-0.1, -0.05) is 12.1 Å². The number of aryl methyl sites for hydroxylation is 1. The van der Waals surface area contributed by atoms with E-state index >= 15 is 0 Å². The minimum absolute atomic E-state index is 0.00631. The molecule has 1 aromatic carbocycles. The van der Waals surface area contributed by atoms with Gasteiger partial charge in [0, 0.05) is 25.9 Å². The van der Waals surface area contributed by atoms with Crippen LogP contribution < -0.4 is 16.0 Å². The molecule has 2 rings (SSSR count). The Balaban J connectivity index is 2.17. The largest absolute Gasteiger partial charge is 0.491 e. The van der Waals surface area contributed by atoms with Gasteiger partial charge in [-0.2, -0.15) is 0 Å². The highest BCUT2D eigenvalue weighted by molar-refractivity contribution is 5.31. The van der Waals surface area contributed by atoms with E-state index in [-0.39, 0.29) is 12.1 Å². The van der Waals surface area contributed by atoms with Crippen LogP contribution in [0.15, 0.2) is 36.7 Å². The lowest BCUT2D eigenvalue weighted by atomic mass is 10.0. The van der Waals surface area contributed by atoms with Gasteiger partial charge in [0.15, 0.2) is 0 Å². The zero-order chi connectivity index (χ0) is 14.5. The highest BCUT2D eigenvalue weighted by atomic mass is 16.5. The molecule has 5 heteroatoms. The fourth-order valence-electron chi connectivity index (χ4n) is 2.13. The van der Waals surface area contributed by atoms with Crippen LogP contribution in [0.25, 0.3) is 0 Å². The van der Waals surface area contributed by atoms with Gasteiger partial charge < -0.3 is 9.30 Å². The summed E-state index contributed by atoms with van der Waals surface area (Å²) in [6.07, 6.45) is 4.61. The van der Waals surface area contributed by atoms with Gasteiger partial charge in [0.05, 0.1) is 12.1 Å². The molecule has 0 saturated carbocycles. The van der Waals surface area contributed by atoms with Crippen molar-refractivity contribution in [1.82, 2.24) is 15.0 Å². The molecule has 0 aliphatic carbocycles. The molecule has 2 aromatic rings. The Morgan fingerprint density at radius 3 is 2.80 bits per heavy atom. The first-order valence-electron chi connectivity index (χ1n) is 6.79. The van der Waals surface area contributed by atoms with Crippen LogP contribution in [0, 0.1) is 0 Å². The molecule has 20 heavy (non-hydrogen) atoms. The molecule has 1 heterocycles. The lowest BCUT2D eigenvalue weighted by Gasteiger charge is -2.18. The fraction of sp³-hybridized carbons (Fsp3) is 0.400. The van der Waals surface area contributed by atoms with E-state index in [1.54, 1.807) is 6.20 Å². The predicted molar refractivity (Wildman–Crippen MR) is 79.2 cm³/mol. The van der Waals surface area contributed by atoms with Crippen molar-refractivity contribution in [3.05, 3.63) is 48.0 Å². The molecule has 0 aliphatic heterocycles. The maximum Gasteiger partial charge on any atom is 0.120 e. The van der Waals surface area contributed by atoms with E-state index in [0.29, 0.717) is 0 Å². The van der Waals surface area contributed by atoms with Gasteiger partial charge >= 0.3 is 0 Å². The molecule has 0 saturated heterocycles. The maximum absolute atomic E-state index is 5.72. The van der Waals surface area contributed by atoms with Crippen molar-refractivity contribution in [2.45, 2.75) is 32.4 Å². The standard InChI is InChI=1S/C15H22N4O/c1-11(2)20-13-6-4-5-12(9-13)14(18-16)10-15-17-7-8-19(15)3/h4-9,11,14,18H,10,16H2,1-3H3. The minimum atomic E-state index is 0.00631. The summed E-state index contributed by atoms with van der Waals surface area (Å²) in [5, 5.41) is 0. The number of benzene rings is 1. The average Bonchev–Trinajstić information content (AvgIpc) is 2.81. The van der Waals surface area contributed by atoms with Gasteiger partial charge in [-0.25, -0.2) is 4.98 Å². The molecule has 0 spiro atoms. The number of nitrogens with one attached hydrogen (secondary N) is 1. The lowest BCUT2D eigenvalue weighted by molar-refractivity contribution is 0.242. The second-order valence-electron chi connectivity index (χ2n) is 5.12. The van der Waals surface area contributed by atoms with Crippen molar-refractivity contribution in [3.8, 4) is 5.75 Å². The third-order valence-corrected chi connectivity index (χ3v) is 3.14. The number of nitrogens with two attached hydrogens (primary N) is 1. The number of nitrogens with zero attached hydrogens (tertiary/aromatic N) is 2. The number of hydrazine groups is 1. The van der Waals surface area contributed by atoms with E-state index in [4.69, 9.17) is 10.6 Å². The zero-order valence-corrected chi connectivity index (χ0v) is 12.2. The monoisotopic (exact) mass is 274 g/mol. The Labute approximate surface area is 119 Å². The number of hydrogen-bond acceptors (Lipinski definition) is 4. The summed E-state index contributed by atoms with van der Waals surface area (Å²) >= 11 is 0. The SMILES string of the molecule is CC(C)Oc1cccc(C(Cc2nccn2C)NN)c1. The van der Waals surface area contributed by atoms with Crippen molar-refractivity contribution in [2.75, 3.05) is 0 Å². The Hall–Kier alpha value is -1.85. The number of rotatable bonds is 6. The Morgan fingerprint density at radius 1 is 1.40 bits per heavy atom. The normalized spacial score (nSPS) is 12.7. The van der Waals surface area contributed by atoms with Crippen molar-refractivity contribution >= 4 is 0 Å². The molecule has 5 nitrogen and oxygen atoms in total. The van der Waals surface area contributed by atoms with Gasteiger partial charge in [-0.05, 0) is 31.5 Å². The zero-order valence-electron chi connectivity index (χ0n) is 12.2. The summed E-state index contributed by atoms with van der Waals surface area (Å²) in [6, 6.07) is 8.01. The second kappa shape index (κ2) is 6.54. The summed E-state index contributed by atoms with van der Waals surface area (Å²) in [7, 11) is 1.98. The first-order valence-corrected chi connectivity index (χ1v) is 6.79. The molecular formula is C15H22N4O. The van der Waals surface area contributed by atoms with Gasteiger partial charge in [-0.15, -0.1) is 0 Å². The van der Waals surface area contributed by atoms with Crippen LogP contribution in [-0.2, 0) is 13.5 Å². The predicted octanol–water partition coefficient (Wildman–Crippen LogP) is 1.95. The van der Waals surface area contributed by atoms with Crippen molar-refractivity contribution < 1.29 is 4.74 Å². The molecule has 3 N–H and O–H groups in total. The number of ether oxygens (including phenoxy) is 1. The maximum atomic E-state index is 5.72. The third kappa shape index (κ3) is 3.59. The minimum Gasteiger partial charge on any atom is -0.491 e. The molecule has 0 fully saturated rings. The Morgan fingerprint density at radius 2 is 2.20 bits per heavy atom. The van der Waals surface area contributed by atoms with Crippen LogP contribution in [0.4, 0.5) is 0 Å². The summed E-state index contributed by atoms with van der Waals surface area (Å²) in [5.74, 6) is 7.54. The molecule has 1 unspecified atom stereocenters. The van der Waals surface area contributed by atoms with Gasteiger partial charge in [0.1, 0.15) is 11.6 Å². The lowest BCUT2D eigenvalue weighted by Crippen LogP contribution is -2.30. The quantitative estimate of drug-likeness (QED) is 0.624. The van der Waals surface area contributed by atoms with Gasteiger partial charge in [0.25, 0.3) is 0 Å². The fourth-order valence-corrected chi connectivity index (χ4v) is 2.13. The van der Waals surface area contributed by atoms with Crippen LogP contribution in [0.3, 0.4) is 0 Å². The summed E-state index contributed by atoms with van der Waals surface area (Å²) in [5.41, 5.74) is 3.95. The number of hydrogen-bond donors (Lipinski definition) is 2. The third-order valence-electron chi connectivity index (χ3n) is 3.14.